The van der Waals surface area contributed by atoms with Crippen LogP contribution in [0.15, 0.2) is 24.3 Å². The molecular weight excluding hydrogens is 182 g/mol. The zero-order valence-electron chi connectivity index (χ0n) is 8.06. The first-order chi connectivity index (χ1) is 6.66. The molecule has 0 radical (unpaired) electrons. The van der Waals surface area contributed by atoms with Crippen LogP contribution in [0.1, 0.15) is 25.3 Å². The van der Waals surface area contributed by atoms with E-state index in [4.69, 9.17) is 0 Å². The fourth-order valence-electron chi connectivity index (χ4n) is 1.86. The Balaban J connectivity index is 2.33. The van der Waals surface area contributed by atoms with Crippen LogP contribution in [0.2, 0.25) is 0 Å². The van der Waals surface area contributed by atoms with E-state index in [-0.39, 0.29) is 0 Å². The van der Waals surface area contributed by atoms with Crippen molar-refractivity contribution in [2.24, 2.45) is 5.92 Å². The van der Waals surface area contributed by atoms with Crippen LogP contribution < -0.4 is 0 Å². The predicted octanol–water partition coefficient (Wildman–Crippen LogP) is 3.78. The van der Waals surface area contributed by atoms with Crippen molar-refractivity contribution in [1.82, 2.24) is 0 Å². The molecule has 1 aromatic rings. The smallest absolute Gasteiger partial charge is 0.133 e. The maximum absolute atomic E-state index is 13.3. The molecule has 1 aliphatic rings. The second-order valence-electron chi connectivity index (χ2n) is 3.90. The molecule has 1 aliphatic carbocycles. The minimum absolute atomic E-state index is 0.453. The Bertz CT molecular complexity index is 380. The van der Waals surface area contributed by atoms with Crippen molar-refractivity contribution < 1.29 is 8.78 Å². The first kappa shape index (κ1) is 9.38. The van der Waals surface area contributed by atoms with Gasteiger partial charge in [-0.05, 0) is 36.5 Å². The third-order valence-electron chi connectivity index (χ3n) is 2.61. The molecule has 1 unspecified atom stereocenters. The molecule has 0 saturated heterocycles. The normalized spacial score (nSPS) is 21.1. The molecule has 0 fully saturated rings. The van der Waals surface area contributed by atoms with Gasteiger partial charge in [-0.25, -0.2) is 8.78 Å². The number of benzene rings is 1. The highest BCUT2D eigenvalue weighted by Crippen LogP contribution is 2.33. The van der Waals surface area contributed by atoms with Gasteiger partial charge in [0.2, 0.25) is 0 Å². The molecule has 74 valence electrons. The van der Waals surface area contributed by atoms with Gasteiger partial charge in [0, 0.05) is 11.6 Å². The quantitative estimate of drug-likeness (QED) is 0.638. The first-order valence-corrected chi connectivity index (χ1v) is 4.81. The van der Waals surface area contributed by atoms with Crippen LogP contribution in [0, 0.1) is 17.6 Å². The third-order valence-corrected chi connectivity index (χ3v) is 2.61. The molecule has 14 heavy (non-hydrogen) atoms. The molecule has 0 aromatic heterocycles. The Morgan fingerprint density at radius 3 is 2.64 bits per heavy atom. The Hall–Kier alpha value is -1.18. The number of hydrogen-bond donors (Lipinski definition) is 0. The zero-order chi connectivity index (χ0) is 10.1. The summed E-state index contributed by atoms with van der Waals surface area (Å²) in [7, 11) is 0. The lowest BCUT2D eigenvalue weighted by atomic mass is 10.0. The summed E-state index contributed by atoms with van der Waals surface area (Å²) in [5, 5.41) is 0. The van der Waals surface area contributed by atoms with E-state index in [1.165, 1.54) is 12.1 Å². The molecular formula is C12H12F2. The zero-order valence-corrected chi connectivity index (χ0v) is 8.06. The SMILES string of the molecule is CC1CC=C(c2ccc(F)cc2F)C1. The molecule has 0 saturated carbocycles. The second kappa shape index (κ2) is 3.52. The molecule has 2 rings (SSSR count). The molecule has 0 bridgehead atoms. The summed E-state index contributed by atoms with van der Waals surface area (Å²) in [5.74, 6) is -0.391. The van der Waals surface area contributed by atoms with E-state index >= 15 is 0 Å². The average Bonchev–Trinajstić information content (AvgIpc) is 2.51. The van der Waals surface area contributed by atoms with Crippen LogP contribution >= 0.6 is 0 Å². The second-order valence-corrected chi connectivity index (χ2v) is 3.90. The lowest BCUT2D eigenvalue weighted by Crippen LogP contribution is -1.91. The van der Waals surface area contributed by atoms with Gasteiger partial charge in [-0.15, -0.1) is 0 Å². The maximum Gasteiger partial charge on any atom is 0.133 e. The minimum atomic E-state index is -0.516. The Morgan fingerprint density at radius 1 is 1.29 bits per heavy atom. The molecule has 2 heteroatoms. The lowest BCUT2D eigenvalue weighted by Gasteiger charge is -2.05. The standard InChI is InChI=1S/C12H12F2/c1-8-2-3-9(6-8)11-5-4-10(13)7-12(11)14/h3-5,7-8H,2,6H2,1H3. The van der Waals surface area contributed by atoms with Crippen LogP contribution in [0.3, 0.4) is 0 Å². The van der Waals surface area contributed by atoms with Crippen LogP contribution in [0.4, 0.5) is 8.78 Å². The summed E-state index contributed by atoms with van der Waals surface area (Å²) < 4.78 is 26.0. The summed E-state index contributed by atoms with van der Waals surface area (Å²) >= 11 is 0. The fourth-order valence-corrected chi connectivity index (χ4v) is 1.86. The number of rotatable bonds is 1. The monoisotopic (exact) mass is 194 g/mol. The molecule has 0 aliphatic heterocycles. The van der Waals surface area contributed by atoms with Gasteiger partial charge in [-0.1, -0.05) is 13.0 Å². The van der Waals surface area contributed by atoms with E-state index in [0.29, 0.717) is 11.5 Å². The van der Waals surface area contributed by atoms with Gasteiger partial charge < -0.3 is 0 Å². The topological polar surface area (TPSA) is 0 Å². The van der Waals surface area contributed by atoms with Crippen molar-refractivity contribution in [2.45, 2.75) is 19.8 Å². The van der Waals surface area contributed by atoms with Crippen molar-refractivity contribution >= 4 is 5.57 Å². The van der Waals surface area contributed by atoms with E-state index < -0.39 is 11.6 Å². The van der Waals surface area contributed by atoms with Gasteiger partial charge in [0.25, 0.3) is 0 Å². The molecule has 0 nitrogen and oxygen atoms in total. The van der Waals surface area contributed by atoms with Gasteiger partial charge in [-0.3, -0.25) is 0 Å². The highest BCUT2D eigenvalue weighted by molar-refractivity contribution is 5.67. The summed E-state index contributed by atoms with van der Waals surface area (Å²) in [5.41, 5.74) is 1.56. The van der Waals surface area contributed by atoms with E-state index in [1.807, 2.05) is 6.08 Å². The summed E-state index contributed by atoms with van der Waals surface area (Å²) in [6, 6.07) is 3.77. The molecule has 0 spiro atoms. The van der Waals surface area contributed by atoms with Gasteiger partial charge >= 0.3 is 0 Å². The van der Waals surface area contributed by atoms with Gasteiger partial charge in [0.1, 0.15) is 11.6 Å². The van der Waals surface area contributed by atoms with Crippen molar-refractivity contribution in [3.05, 3.63) is 41.5 Å². The molecule has 0 heterocycles. The summed E-state index contributed by atoms with van der Waals surface area (Å²) in [6.45, 7) is 2.13. The van der Waals surface area contributed by atoms with Crippen molar-refractivity contribution in [2.75, 3.05) is 0 Å². The Morgan fingerprint density at radius 2 is 2.07 bits per heavy atom. The van der Waals surface area contributed by atoms with Gasteiger partial charge in [0.05, 0.1) is 0 Å². The van der Waals surface area contributed by atoms with Crippen LogP contribution in [-0.4, -0.2) is 0 Å². The average molecular weight is 194 g/mol. The Labute approximate surface area is 82.3 Å². The molecule has 0 amide bonds. The number of hydrogen-bond acceptors (Lipinski definition) is 0. The highest BCUT2D eigenvalue weighted by Gasteiger charge is 2.16. The van der Waals surface area contributed by atoms with Crippen molar-refractivity contribution in [3.8, 4) is 0 Å². The molecule has 1 atom stereocenters. The van der Waals surface area contributed by atoms with Crippen LogP contribution in [0.5, 0.6) is 0 Å². The van der Waals surface area contributed by atoms with Gasteiger partial charge in [-0.2, -0.15) is 0 Å². The molecule has 0 N–H and O–H groups in total. The highest BCUT2D eigenvalue weighted by atomic mass is 19.1. The van der Waals surface area contributed by atoms with Crippen molar-refractivity contribution in [1.29, 1.82) is 0 Å². The fraction of sp³-hybridized carbons (Fsp3) is 0.333. The lowest BCUT2D eigenvalue weighted by molar-refractivity contribution is 0.579. The first-order valence-electron chi connectivity index (χ1n) is 4.81. The number of halogens is 2. The summed E-state index contributed by atoms with van der Waals surface area (Å²) in [6.07, 6.45) is 3.93. The summed E-state index contributed by atoms with van der Waals surface area (Å²) in [4.78, 5) is 0. The van der Waals surface area contributed by atoms with Crippen LogP contribution in [-0.2, 0) is 0 Å². The van der Waals surface area contributed by atoms with Crippen molar-refractivity contribution in [3.63, 3.8) is 0 Å². The van der Waals surface area contributed by atoms with E-state index in [1.54, 1.807) is 0 Å². The molecule has 1 aromatic carbocycles. The Kier molecular flexibility index (Phi) is 2.36. The van der Waals surface area contributed by atoms with E-state index in [0.717, 1.165) is 24.5 Å². The van der Waals surface area contributed by atoms with E-state index in [2.05, 4.69) is 6.92 Å². The number of allylic oxidation sites excluding steroid dienone is 2. The maximum atomic E-state index is 13.3. The third kappa shape index (κ3) is 1.69. The van der Waals surface area contributed by atoms with Gasteiger partial charge in [0.15, 0.2) is 0 Å². The largest absolute Gasteiger partial charge is 0.207 e. The predicted molar refractivity (Wildman–Crippen MR) is 52.7 cm³/mol. The van der Waals surface area contributed by atoms with Crippen LogP contribution in [0.25, 0.3) is 5.57 Å². The van der Waals surface area contributed by atoms with E-state index in [9.17, 15) is 8.78 Å². The minimum Gasteiger partial charge on any atom is -0.207 e.